The first kappa shape index (κ1) is 20.4. The molecule has 1 aromatic heterocycles. The maximum absolute atomic E-state index is 14.1. The molecule has 0 unspecified atom stereocenters. The van der Waals surface area contributed by atoms with Gasteiger partial charge in [-0.05, 0) is 24.3 Å². The second-order valence-corrected chi connectivity index (χ2v) is 7.05. The number of methoxy groups -OCH3 is 1. The van der Waals surface area contributed by atoms with Crippen LogP contribution < -0.4 is 20.9 Å². The summed E-state index contributed by atoms with van der Waals surface area (Å²) in [7, 11) is 1.33. The molecule has 1 aliphatic rings. The second-order valence-electron chi connectivity index (χ2n) is 7.05. The molecular formula is C22H23FN6O2. The average Bonchev–Trinajstić information content (AvgIpc) is 2.81. The molecule has 2 aromatic carbocycles. The Bertz CT molecular complexity index is 1090. The van der Waals surface area contributed by atoms with E-state index < -0.39 is 5.97 Å². The Labute approximate surface area is 179 Å². The number of nitrogens with two attached hydrogens (primary N) is 1. The fourth-order valence-corrected chi connectivity index (χ4v) is 3.61. The number of carbonyl (C=O) groups is 1. The van der Waals surface area contributed by atoms with Gasteiger partial charge in [0.2, 0.25) is 0 Å². The van der Waals surface area contributed by atoms with Crippen LogP contribution in [0.25, 0.3) is 0 Å². The van der Waals surface area contributed by atoms with Crippen LogP contribution in [0.5, 0.6) is 0 Å². The normalized spacial score (nSPS) is 13.7. The lowest BCUT2D eigenvalue weighted by molar-refractivity contribution is 0.0602. The van der Waals surface area contributed by atoms with Crippen molar-refractivity contribution in [1.82, 2.24) is 9.97 Å². The zero-order valence-corrected chi connectivity index (χ0v) is 17.1. The molecular weight excluding hydrogens is 399 g/mol. The Morgan fingerprint density at radius 2 is 1.71 bits per heavy atom. The topological polar surface area (TPSA) is 96.6 Å². The van der Waals surface area contributed by atoms with Gasteiger partial charge in [0, 0.05) is 26.2 Å². The van der Waals surface area contributed by atoms with E-state index in [0.717, 1.165) is 0 Å². The minimum atomic E-state index is -0.458. The van der Waals surface area contributed by atoms with Crippen LogP contribution in [0.1, 0.15) is 10.4 Å². The Hall–Kier alpha value is -3.88. The molecule has 3 N–H and O–H groups in total. The standard InChI is InChI=1S/C22H23FN6O2/c1-31-22(30)15-6-2-4-8-17(15)27-20-19(24)21(26-14-25-20)29-12-10-28(11-13-29)18-9-5-3-7-16(18)23/h2-9,14H,10-13,24H2,1H3,(H,25,26,27). The fourth-order valence-electron chi connectivity index (χ4n) is 3.61. The van der Waals surface area contributed by atoms with Crippen molar-refractivity contribution in [3.05, 3.63) is 66.2 Å². The van der Waals surface area contributed by atoms with Gasteiger partial charge >= 0.3 is 5.97 Å². The molecule has 0 radical (unpaired) electrons. The number of benzene rings is 2. The number of hydrogen-bond donors (Lipinski definition) is 2. The van der Waals surface area contributed by atoms with E-state index in [2.05, 4.69) is 15.3 Å². The number of nitrogens with zero attached hydrogens (tertiary/aromatic N) is 4. The summed E-state index contributed by atoms with van der Waals surface area (Å²) < 4.78 is 18.9. The molecule has 3 aromatic rings. The molecule has 4 rings (SSSR count). The molecule has 1 fully saturated rings. The van der Waals surface area contributed by atoms with Gasteiger partial charge < -0.3 is 25.6 Å². The molecule has 0 saturated carbocycles. The molecule has 8 nitrogen and oxygen atoms in total. The van der Waals surface area contributed by atoms with Crippen molar-refractivity contribution in [3.8, 4) is 0 Å². The third-order valence-corrected chi connectivity index (χ3v) is 5.22. The highest BCUT2D eigenvalue weighted by molar-refractivity contribution is 5.97. The predicted octanol–water partition coefficient (Wildman–Crippen LogP) is 3.05. The van der Waals surface area contributed by atoms with Crippen molar-refractivity contribution in [2.24, 2.45) is 0 Å². The fraction of sp³-hybridized carbons (Fsp3) is 0.227. The van der Waals surface area contributed by atoms with Gasteiger partial charge in [-0.25, -0.2) is 19.2 Å². The molecule has 9 heteroatoms. The number of halogens is 1. The van der Waals surface area contributed by atoms with Gasteiger partial charge in [-0.15, -0.1) is 0 Å². The van der Waals surface area contributed by atoms with E-state index in [1.807, 2.05) is 15.9 Å². The van der Waals surface area contributed by atoms with E-state index in [1.165, 1.54) is 19.5 Å². The minimum absolute atomic E-state index is 0.228. The smallest absolute Gasteiger partial charge is 0.339 e. The molecule has 0 amide bonds. The number of aromatic nitrogens is 2. The van der Waals surface area contributed by atoms with Crippen LogP contribution in [-0.2, 0) is 4.74 Å². The summed E-state index contributed by atoms with van der Waals surface area (Å²) in [5.41, 5.74) is 8.26. The lowest BCUT2D eigenvalue weighted by Gasteiger charge is -2.37. The molecule has 2 heterocycles. The summed E-state index contributed by atoms with van der Waals surface area (Å²) in [5.74, 6) is 0.313. The Balaban J connectivity index is 1.52. The van der Waals surface area contributed by atoms with Crippen molar-refractivity contribution in [3.63, 3.8) is 0 Å². The zero-order valence-electron chi connectivity index (χ0n) is 17.1. The van der Waals surface area contributed by atoms with Gasteiger partial charge in [-0.3, -0.25) is 0 Å². The van der Waals surface area contributed by atoms with Gasteiger partial charge in [0.15, 0.2) is 11.6 Å². The van der Waals surface area contributed by atoms with Crippen LogP contribution in [0.3, 0.4) is 0 Å². The maximum atomic E-state index is 14.1. The highest BCUT2D eigenvalue weighted by atomic mass is 19.1. The van der Waals surface area contributed by atoms with Crippen molar-refractivity contribution < 1.29 is 13.9 Å². The summed E-state index contributed by atoms with van der Waals surface area (Å²) in [6.45, 7) is 2.54. The van der Waals surface area contributed by atoms with E-state index in [9.17, 15) is 9.18 Å². The number of rotatable bonds is 5. The minimum Gasteiger partial charge on any atom is -0.465 e. The summed E-state index contributed by atoms with van der Waals surface area (Å²) in [5, 5.41) is 3.11. The lowest BCUT2D eigenvalue weighted by Crippen LogP contribution is -2.47. The summed E-state index contributed by atoms with van der Waals surface area (Å²) in [4.78, 5) is 24.7. The third-order valence-electron chi connectivity index (χ3n) is 5.22. The van der Waals surface area contributed by atoms with Crippen molar-refractivity contribution in [2.45, 2.75) is 0 Å². The largest absolute Gasteiger partial charge is 0.465 e. The molecule has 160 valence electrons. The molecule has 1 saturated heterocycles. The number of nitrogens with one attached hydrogen (secondary N) is 1. The van der Waals surface area contributed by atoms with E-state index >= 15 is 0 Å². The number of esters is 1. The van der Waals surface area contributed by atoms with E-state index in [4.69, 9.17) is 10.5 Å². The van der Waals surface area contributed by atoms with Crippen LogP contribution >= 0.6 is 0 Å². The molecule has 0 bridgehead atoms. The molecule has 0 spiro atoms. The maximum Gasteiger partial charge on any atom is 0.339 e. The number of ether oxygens (including phenoxy) is 1. The molecule has 31 heavy (non-hydrogen) atoms. The monoisotopic (exact) mass is 422 g/mol. The average molecular weight is 422 g/mol. The van der Waals surface area contributed by atoms with Gasteiger partial charge in [-0.1, -0.05) is 24.3 Å². The van der Waals surface area contributed by atoms with Crippen LogP contribution in [0.2, 0.25) is 0 Å². The Kier molecular flexibility index (Phi) is 5.83. The Morgan fingerprint density at radius 3 is 2.45 bits per heavy atom. The first-order chi connectivity index (χ1) is 15.1. The number of nitrogen functional groups attached to an aromatic ring is 1. The first-order valence-electron chi connectivity index (χ1n) is 9.87. The van der Waals surface area contributed by atoms with E-state index in [0.29, 0.717) is 60.4 Å². The van der Waals surface area contributed by atoms with Gasteiger partial charge in [0.1, 0.15) is 17.8 Å². The van der Waals surface area contributed by atoms with Crippen LogP contribution in [-0.4, -0.2) is 49.2 Å². The van der Waals surface area contributed by atoms with Gasteiger partial charge in [0.05, 0.1) is 24.0 Å². The van der Waals surface area contributed by atoms with Gasteiger partial charge in [-0.2, -0.15) is 0 Å². The molecule has 0 aliphatic carbocycles. The third kappa shape index (κ3) is 4.20. The quantitative estimate of drug-likeness (QED) is 0.606. The predicted molar refractivity (Wildman–Crippen MR) is 118 cm³/mol. The number of piperazine rings is 1. The highest BCUT2D eigenvalue weighted by Crippen LogP contribution is 2.31. The highest BCUT2D eigenvalue weighted by Gasteiger charge is 2.23. The zero-order chi connectivity index (χ0) is 21.8. The van der Waals surface area contributed by atoms with E-state index in [-0.39, 0.29) is 5.82 Å². The number of hydrogen-bond acceptors (Lipinski definition) is 8. The van der Waals surface area contributed by atoms with Gasteiger partial charge in [0.25, 0.3) is 0 Å². The molecule has 1 aliphatic heterocycles. The van der Waals surface area contributed by atoms with Crippen LogP contribution in [0.15, 0.2) is 54.9 Å². The number of anilines is 5. The SMILES string of the molecule is COC(=O)c1ccccc1Nc1ncnc(N2CCN(c3ccccc3F)CC2)c1N. The van der Waals surface area contributed by atoms with Crippen LogP contribution in [0, 0.1) is 5.82 Å². The lowest BCUT2D eigenvalue weighted by atomic mass is 10.1. The first-order valence-corrected chi connectivity index (χ1v) is 9.87. The van der Waals surface area contributed by atoms with Crippen molar-refractivity contribution in [2.75, 3.05) is 54.1 Å². The number of para-hydroxylation sites is 2. The van der Waals surface area contributed by atoms with Crippen molar-refractivity contribution >= 4 is 34.7 Å². The van der Waals surface area contributed by atoms with E-state index in [1.54, 1.807) is 36.4 Å². The van der Waals surface area contributed by atoms with Crippen LogP contribution in [0.4, 0.5) is 33.1 Å². The summed E-state index contributed by atoms with van der Waals surface area (Å²) in [6.07, 6.45) is 1.43. The molecule has 0 atom stereocenters. The van der Waals surface area contributed by atoms with Crippen molar-refractivity contribution in [1.29, 1.82) is 0 Å². The summed E-state index contributed by atoms with van der Waals surface area (Å²) in [6, 6.07) is 13.7. The second kappa shape index (κ2) is 8.86. The Morgan fingerprint density at radius 1 is 1.03 bits per heavy atom. The summed E-state index contributed by atoms with van der Waals surface area (Å²) >= 11 is 0. The number of carbonyl (C=O) groups excluding carboxylic acids is 1.